The molecule has 2 fully saturated rings. The number of halogens is 1. The molecule has 3 aromatic rings. The second kappa shape index (κ2) is 9.97. The van der Waals surface area contributed by atoms with Crippen molar-refractivity contribution in [1.82, 2.24) is 9.80 Å². The number of benzene rings is 3. The van der Waals surface area contributed by atoms with Crippen LogP contribution < -0.4 is 9.64 Å². The van der Waals surface area contributed by atoms with Crippen LogP contribution in [-0.2, 0) is 6.54 Å². The SMILES string of the molecule is CC(C)Oc1ccccc1N1CCN(C2CCC(N3Cc4ccc5ccc(F)cc5c4C3=O)CC2)CC1. The van der Waals surface area contributed by atoms with Crippen LogP contribution in [-0.4, -0.2) is 60.1 Å². The van der Waals surface area contributed by atoms with E-state index in [1.165, 1.54) is 17.8 Å². The number of piperazine rings is 1. The van der Waals surface area contributed by atoms with E-state index in [2.05, 4.69) is 46.7 Å². The number of ether oxygens (including phenoxy) is 1. The quantitative estimate of drug-likeness (QED) is 0.439. The van der Waals surface area contributed by atoms with E-state index in [4.69, 9.17) is 4.74 Å². The van der Waals surface area contributed by atoms with Gasteiger partial charge in [-0.15, -0.1) is 0 Å². The van der Waals surface area contributed by atoms with Crippen molar-refractivity contribution in [2.24, 2.45) is 0 Å². The zero-order valence-corrected chi connectivity index (χ0v) is 21.8. The first-order valence-corrected chi connectivity index (χ1v) is 13.7. The van der Waals surface area contributed by atoms with E-state index in [0.29, 0.717) is 18.2 Å². The van der Waals surface area contributed by atoms with Crippen LogP contribution in [0.2, 0.25) is 0 Å². The summed E-state index contributed by atoms with van der Waals surface area (Å²) in [7, 11) is 0. The van der Waals surface area contributed by atoms with E-state index in [0.717, 1.165) is 73.9 Å². The summed E-state index contributed by atoms with van der Waals surface area (Å²) >= 11 is 0. The predicted octanol–water partition coefficient (Wildman–Crippen LogP) is 5.86. The van der Waals surface area contributed by atoms with Gasteiger partial charge >= 0.3 is 0 Å². The van der Waals surface area contributed by atoms with E-state index in [1.54, 1.807) is 6.07 Å². The lowest BCUT2D eigenvalue weighted by molar-refractivity contribution is 0.0578. The van der Waals surface area contributed by atoms with Gasteiger partial charge in [0.1, 0.15) is 11.6 Å². The summed E-state index contributed by atoms with van der Waals surface area (Å²) in [5, 5.41) is 1.67. The van der Waals surface area contributed by atoms with Gasteiger partial charge in [0.2, 0.25) is 0 Å². The van der Waals surface area contributed by atoms with Gasteiger partial charge in [0, 0.05) is 44.8 Å². The van der Waals surface area contributed by atoms with Crippen molar-refractivity contribution in [2.45, 2.75) is 64.3 Å². The standard InChI is InChI=1S/C31H36FN3O2/c1-21(2)37-29-6-4-3-5-28(29)34-17-15-33(16-18-34)25-11-13-26(14-12-25)35-20-23-8-7-22-9-10-24(32)19-27(22)30(23)31(35)36/h3-10,19,21,25-26H,11-18,20H2,1-2H3. The molecule has 6 rings (SSSR count). The predicted molar refractivity (Wildman–Crippen MR) is 146 cm³/mol. The molecule has 1 saturated heterocycles. The van der Waals surface area contributed by atoms with Crippen LogP contribution in [0, 0.1) is 5.82 Å². The fraction of sp³-hybridized carbons (Fsp3) is 0.452. The minimum atomic E-state index is -0.288. The average molecular weight is 502 g/mol. The number of fused-ring (bicyclic) bond motifs is 3. The number of carbonyl (C=O) groups is 1. The normalized spacial score (nSPS) is 22.6. The van der Waals surface area contributed by atoms with Crippen LogP contribution in [0.4, 0.5) is 10.1 Å². The maximum Gasteiger partial charge on any atom is 0.255 e. The summed E-state index contributed by atoms with van der Waals surface area (Å²) in [5.41, 5.74) is 2.93. The number of rotatable bonds is 5. The fourth-order valence-electron chi connectivity index (χ4n) is 6.55. The Balaban J connectivity index is 1.06. The molecule has 0 aromatic heterocycles. The molecule has 1 amide bonds. The molecule has 0 bridgehead atoms. The van der Waals surface area contributed by atoms with Gasteiger partial charge in [0.05, 0.1) is 17.4 Å². The van der Waals surface area contributed by atoms with Gasteiger partial charge in [0.25, 0.3) is 5.91 Å². The molecule has 0 radical (unpaired) electrons. The summed E-state index contributed by atoms with van der Waals surface area (Å²) in [6.07, 6.45) is 4.46. The van der Waals surface area contributed by atoms with Crippen LogP contribution in [0.25, 0.3) is 10.8 Å². The van der Waals surface area contributed by atoms with Gasteiger partial charge in [-0.05, 0) is 80.1 Å². The largest absolute Gasteiger partial charge is 0.489 e. The molecule has 0 unspecified atom stereocenters. The first-order valence-electron chi connectivity index (χ1n) is 13.7. The molecule has 6 heteroatoms. The number of para-hydroxylation sites is 2. The van der Waals surface area contributed by atoms with Gasteiger partial charge in [-0.25, -0.2) is 4.39 Å². The molecule has 1 saturated carbocycles. The van der Waals surface area contributed by atoms with Crippen LogP contribution in [0.1, 0.15) is 55.5 Å². The van der Waals surface area contributed by atoms with Crippen molar-refractivity contribution in [1.29, 1.82) is 0 Å². The molecule has 0 N–H and O–H groups in total. The number of hydrogen-bond donors (Lipinski definition) is 0. The summed E-state index contributed by atoms with van der Waals surface area (Å²) in [5.74, 6) is 0.757. The van der Waals surface area contributed by atoms with Gasteiger partial charge in [-0.1, -0.05) is 30.3 Å². The van der Waals surface area contributed by atoms with Crippen LogP contribution in [0.15, 0.2) is 54.6 Å². The van der Waals surface area contributed by atoms with Crippen molar-refractivity contribution in [3.8, 4) is 5.75 Å². The number of anilines is 1. The van der Waals surface area contributed by atoms with E-state index in [9.17, 15) is 9.18 Å². The second-order valence-electron chi connectivity index (χ2n) is 11.0. The third-order valence-electron chi connectivity index (χ3n) is 8.39. The molecule has 194 valence electrons. The average Bonchev–Trinajstić information content (AvgIpc) is 3.25. The van der Waals surface area contributed by atoms with Gasteiger partial charge in [0.15, 0.2) is 0 Å². The molecule has 0 atom stereocenters. The zero-order valence-electron chi connectivity index (χ0n) is 21.8. The molecular formula is C31H36FN3O2. The van der Waals surface area contributed by atoms with Crippen LogP contribution >= 0.6 is 0 Å². The van der Waals surface area contributed by atoms with Gasteiger partial charge < -0.3 is 14.5 Å². The maximum absolute atomic E-state index is 14.0. The van der Waals surface area contributed by atoms with E-state index < -0.39 is 0 Å². The lowest BCUT2D eigenvalue weighted by Gasteiger charge is -2.44. The van der Waals surface area contributed by atoms with Crippen molar-refractivity contribution in [3.05, 3.63) is 71.5 Å². The van der Waals surface area contributed by atoms with Gasteiger partial charge in [-0.3, -0.25) is 9.69 Å². The molecule has 37 heavy (non-hydrogen) atoms. The van der Waals surface area contributed by atoms with Crippen molar-refractivity contribution >= 4 is 22.4 Å². The summed E-state index contributed by atoms with van der Waals surface area (Å²) < 4.78 is 20.0. The Morgan fingerprint density at radius 3 is 2.35 bits per heavy atom. The van der Waals surface area contributed by atoms with E-state index in [1.807, 2.05) is 18.2 Å². The van der Waals surface area contributed by atoms with Crippen molar-refractivity contribution in [3.63, 3.8) is 0 Å². The molecular weight excluding hydrogens is 465 g/mol. The summed E-state index contributed by atoms with van der Waals surface area (Å²) in [6, 6.07) is 18.0. The Morgan fingerprint density at radius 1 is 0.892 bits per heavy atom. The maximum atomic E-state index is 14.0. The van der Waals surface area contributed by atoms with Crippen LogP contribution in [0.3, 0.4) is 0 Å². The molecule has 1 aliphatic carbocycles. The Morgan fingerprint density at radius 2 is 1.59 bits per heavy atom. The fourth-order valence-corrected chi connectivity index (χ4v) is 6.55. The first-order chi connectivity index (χ1) is 18.0. The van der Waals surface area contributed by atoms with Crippen molar-refractivity contribution in [2.75, 3.05) is 31.1 Å². The Kier molecular flexibility index (Phi) is 6.53. The first kappa shape index (κ1) is 24.2. The van der Waals surface area contributed by atoms with Crippen molar-refractivity contribution < 1.29 is 13.9 Å². The number of hydrogen-bond acceptors (Lipinski definition) is 4. The monoisotopic (exact) mass is 501 g/mol. The third-order valence-corrected chi connectivity index (χ3v) is 8.39. The highest BCUT2D eigenvalue weighted by Gasteiger charge is 2.37. The number of nitrogens with zero attached hydrogens (tertiary/aromatic N) is 3. The topological polar surface area (TPSA) is 36.0 Å². The van der Waals surface area contributed by atoms with E-state index >= 15 is 0 Å². The molecule has 5 nitrogen and oxygen atoms in total. The summed E-state index contributed by atoms with van der Waals surface area (Å²) in [6.45, 7) is 8.90. The minimum Gasteiger partial charge on any atom is -0.489 e. The Labute approximate surface area is 218 Å². The molecule has 3 aromatic carbocycles. The lowest BCUT2D eigenvalue weighted by atomic mass is 9.89. The smallest absolute Gasteiger partial charge is 0.255 e. The number of amides is 1. The molecule has 2 aliphatic heterocycles. The minimum absolute atomic E-state index is 0.0746. The number of carbonyl (C=O) groups excluding carboxylic acids is 1. The van der Waals surface area contributed by atoms with E-state index in [-0.39, 0.29) is 23.9 Å². The Bertz CT molecular complexity index is 1290. The molecule has 0 spiro atoms. The third kappa shape index (κ3) is 4.68. The summed E-state index contributed by atoms with van der Waals surface area (Å²) in [4.78, 5) is 20.6. The van der Waals surface area contributed by atoms with Crippen LogP contribution in [0.5, 0.6) is 5.75 Å². The molecule has 3 aliphatic rings. The highest BCUT2D eigenvalue weighted by Crippen LogP contribution is 2.36. The molecule has 2 heterocycles. The zero-order chi connectivity index (χ0) is 25.5. The lowest BCUT2D eigenvalue weighted by Crippen LogP contribution is -2.52. The van der Waals surface area contributed by atoms with Gasteiger partial charge in [-0.2, -0.15) is 0 Å². The Hall–Kier alpha value is -3.12. The highest BCUT2D eigenvalue weighted by atomic mass is 19.1. The highest BCUT2D eigenvalue weighted by molar-refractivity contribution is 6.10. The second-order valence-corrected chi connectivity index (χ2v) is 11.0.